The lowest BCUT2D eigenvalue weighted by atomic mass is 10.1. The van der Waals surface area contributed by atoms with E-state index in [1.807, 2.05) is 30.3 Å². The zero-order chi connectivity index (χ0) is 21.8. The van der Waals surface area contributed by atoms with Crippen molar-refractivity contribution < 1.29 is 13.2 Å². The van der Waals surface area contributed by atoms with E-state index in [-0.39, 0.29) is 5.03 Å². The van der Waals surface area contributed by atoms with Crippen molar-refractivity contribution in [3.63, 3.8) is 0 Å². The molecule has 2 heterocycles. The molecule has 1 N–H and O–H groups in total. The van der Waals surface area contributed by atoms with Crippen LogP contribution < -0.4 is 10.1 Å². The molecule has 0 aliphatic heterocycles. The molecular formula is C21H23N5O3S2. The maximum atomic E-state index is 11.9. The van der Waals surface area contributed by atoms with Crippen molar-refractivity contribution in [1.82, 2.24) is 19.9 Å². The molecule has 0 spiro atoms. The minimum atomic E-state index is -3.47. The fraction of sp³-hybridized carbons (Fsp3) is 0.333. The van der Waals surface area contributed by atoms with Gasteiger partial charge in [0.25, 0.3) is 5.88 Å². The number of anilines is 1. The molecule has 1 aliphatic rings. The standard InChI is InChI=1S/C21H23N5O3S2/c1-29-20-19(23-15-10-6-7-11-15)25-18(14-8-4-3-5-9-14)21(26-20)30-16-12-22-13-17(24-16)31(2,27)28/h3-5,8-9,12-13,15H,6-7,10-11H2,1-2H3,(H,23,25). The van der Waals surface area contributed by atoms with E-state index in [9.17, 15) is 8.42 Å². The lowest BCUT2D eigenvalue weighted by Crippen LogP contribution is -2.17. The molecule has 0 amide bonds. The van der Waals surface area contributed by atoms with Crippen LogP contribution in [-0.2, 0) is 9.84 Å². The molecule has 3 aromatic rings. The van der Waals surface area contributed by atoms with E-state index in [2.05, 4.69) is 15.3 Å². The first-order valence-electron chi connectivity index (χ1n) is 9.92. The molecule has 1 aliphatic carbocycles. The molecule has 4 rings (SSSR count). The van der Waals surface area contributed by atoms with Gasteiger partial charge in [-0.3, -0.25) is 4.98 Å². The Labute approximate surface area is 185 Å². The van der Waals surface area contributed by atoms with Crippen LogP contribution in [0.2, 0.25) is 0 Å². The van der Waals surface area contributed by atoms with Gasteiger partial charge in [0.2, 0.25) is 0 Å². The summed E-state index contributed by atoms with van der Waals surface area (Å²) in [6.07, 6.45) is 8.43. The predicted molar refractivity (Wildman–Crippen MR) is 119 cm³/mol. The highest BCUT2D eigenvalue weighted by molar-refractivity contribution is 7.99. The minimum absolute atomic E-state index is 0.0850. The molecule has 0 radical (unpaired) electrons. The van der Waals surface area contributed by atoms with Crippen LogP contribution in [0.1, 0.15) is 25.7 Å². The van der Waals surface area contributed by atoms with E-state index in [0.29, 0.717) is 33.5 Å². The Kier molecular flexibility index (Phi) is 6.38. The maximum absolute atomic E-state index is 11.9. The zero-order valence-electron chi connectivity index (χ0n) is 17.3. The second-order valence-electron chi connectivity index (χ2n) is 7.30. The van der Waals surface area contributed by atoms with Gasteiger partial charge in [-0.05, 0) is 24.6 Å². The molecule has 0 bridgehead atoms. The number of ether oxygens (including phenoxy) is 1. The Morgan fingerprint density at radius 3 is 2.48 bits per heavy atom. The third-order valence-corrected chi connectivity index (χ3v) is 6.78. The van der Waals surface area contributed by atoms with E-state index in [1.54, 1.807) is 7.11 Å². The number of nitrogens with one attached hydrogen (secondary N) is 1. The van der Waals surface area contributed by atoms with Crippen LogP contribution >= 0.6 is 11.8 Å². The van der Waals surface area contributed by atoms with Crippen LogP contribution in [0.4, 0.5) is 5.82 Å². The van der Waals surface area contributed by atoms with Crippen molar-refractivity contribution in [2.75, 3.05) is 18.7 Å². The van der Waals surface area contributed by atoms with Crippen LogP contribution in [0.15, 0.2) is 57.8 Å². The minimum Gasteiger partial charge on any atom is -0.478 e. The van der Waals surface area contributed by atoms with E-state index < -0.39 is 9.84 Å². The SMILES string of the molecule is COc1nc(Sc2cncc(S(C)(=O)=O)n2)c(-c2ccccc2)nc1NC1CCCC1. The number of hydrogen-bond acceptors (Lipinski definition) is 9. The average Bonchev–Trinajstić information content (AvgIpc) is 3.28. The van der Waals surface area contributed by atoms with Crippen LogP contribution in [0.25, 0.3) is 11.3 Å². The number of hydrogen-bond donors (Lipinski definition) is 1. The van der Waals surface area contributed by atoms with Gasteiger partial charge in [-0.25, -0.2) is 23.4 Å². The van der Waals surface area contributed by atoms with Crippen LogP contribution in [0, 0.1) is 0 Å². The Bertz CT molecular complexity index is 1170. The second kappa shape index (κ2) is 9.19. The Morgan fingerprint density at radius 1 is 1.06 bits per heavy atom. The van der Waals surface area contributed by atoms with Crippen molar-refractivity contribution in [2.24, 2.45) is 0 Å². The van der Waals surface area contributed by atoms with Crippen molar-refractivity contribution in [3.05, 3.63) is 42.7 Å². The lowest BCUT2D eigenvalue weighted by molar-refractivity contribution is 0.394. The quantitative estimate of drug-likeness (QED) is 0.566. The van der Waals surface area contributed by atoms with Gasteiger partial charge in [-0.1, -0.05) is 43.2 Å². The van der Waals surface area contributed by atoms with Crippen molar-refractivity contribution >= 4 is 27.4 Å². The highest BCUT2D eigenvalue weighted by Crippen LogP contribution is 2.37. The second-order valence-corrected chi connectivity index (χ2v) is 10.3. The highest BCUT2D eigenvalue weighted by Gasteiger charge is 2.22. The van der Waals surface area contributed by atoms with Crippen LogP contribution in [0.5, 0.6) is 5.88 Å². The number of benzene rings is 1. The third kappa shape index (κ3) is 5.13. The Balaban J connectivity index is 1.77. The fourth-order valence-corrected chi connectivity index (χ4v) is 4.84. The van der Waals surface area contributed by atoms with Crippen molar-refractivity contribution in [3.8, 4) is 17.1 Å². The molecule has 10 heteroatoms. The summed E-state index contributed by atoms with van der Waals surface area (Å²) >= 11 is 1.20. The first-order valence-corrected chi connectivity index (χ1v) is 12.6. The van der Waals surface area contributed by atoms with Gasteiger partial charge in [0.05, 0.1) is 19.5 Å². The Morgan fingerprint density at radius 2 is 1.81 bits per heavy atom. The van der Waals surface area contributed by atoms with Gasteiger partial charge in [0.1, 0.15) is 15.7 Å². The summed E-state index contributed by atoms with van der Waals surface area (Å²) in [6, 6.07) is 10.1. The lowest BCUT2D eigenvalue weighted by Gasteiger charge is -2.17. The van der Waals surface area contributed by atoms with Gasteiger partial charge in [-0.15, -0.1) is 0 Å². The van der Waals surface area contributed by atoms with Crippen molar-refractivity contribution in [2.45, 2.75) is 46.8 Å². The smallest absolute Gasteiger partial charge is 0.258 e. The van der Waals surface area contributed by atoms with Gasteiger partial charge in [-0.2, -0.15) is 0 Å². The number of sulfone groups is 1. The summed E-state index contributed by atoms with van der Waals surface area (Å²) in [5, 5.41) is 4.36. The summed E-state index contributed by atoms with van der Waals surface area (Å²) in [5.41, 5.74) is 1.56. The van der Waals surface area contributed by atoms with Gasteiger partial charge >= 0.3 is 0 Å². The average molecular weight is 458 g/mol. The molecule has 31 heavy (non-hydrogen) atoms. The zero-order valence-corrected chi connectivity index (χ0v) is 18.9. The summed E-state index contributed by atoms with van der Waals surface area (Å²) in [5.74, 6) is 0.995. The normalized spacial score (nSPS) is 14.5. The molecule has 1 aromatic carbocycles. The Hall–Kier alpha value is -2.72. The topological polar surface area (TPSA) is 107 Å². The number of nitrogens with zero attached hydrogens (tertiary/aromatic N) is 4. The number of aromatic nitrogens is 4. The highest BCUT2D eigenvalue weighted by atomic mass is 32.2. The molecule has 1 fully saturated rings. The molecule has 162 valence electrons. The molecule has 1 saturated carbocycles. The first kappa shape index (κ1) is 21.5. The third-order valence-electron chi connectivity index (χ3n) is 4.94. The van der Waals surface area contributed by atoms with Crippen LogP contribution in [0.3, 0.4) is 0 Å². The first-order chi connectivity index (χ1) is 14.9. The molecule has 0 atom stereocenters. The molecule has 8 nitrogen and oxygen atoms in total. The summed E-state index contributed by atoms with van der Waals surface area (Å²) in [6.45, 7) is 0. The maximum Gasteiger partial charge on any atom is 0.258 e. The van der Waals surface area contributed by atoms with Crippen LogP contribution in [-0.4, -0.2) is 47.8 Å². The number of rotatable bonds is 7. The summed E-state index contributed by atoms with van der Waals surface area (Å²) in [4.78, 5) is 17.8. The molecule has 2 aromatic heterocycles. The monoisotopic (exact) mass is 457 g/mol. The van der Waals surface area contributed by atoms with E-state index in [4.69, 9.17) is 14.7 Å². The van der Waals surface area contributed by atoms with Gasteiger partial charge in [0, 0.05) is 17.9 Å². The molecule has 0 saturated heterocycles. The van der Waals surface area contributed by atoms with E-state index >= 15 is 0 Å². The van der Waals surface area contributed by atoms with Gasteiger partial charge < -0.3 is 10.1 Å². The number of methoxy groups -OCH3 is 1. The van der Waals surface area contributed by atoms with Crippen molar-refractivity contribution in [1.29, 1.82) is 0 Å². The summed E-state index contributed by atoms with van der Waals surface area (Å²) < 4.78 is 29.3. The van der Waals surface area contributed by atoms with E-state index in [1.165, 1.54) is 37.0 Å². The predicted octanol–water partition coefficient (Wildman–Crippen LogP) is 3.85. The van der Waals surface area contributed by atoms with Gasteiger partial charge in [0.15, 0.2) is 20.7 Å². The fourth-order valence-electron chi connectivity index (χ4n) is 3.42. The van der Waals surface area contributed by atoms with E-state index in [0.717, 1.165) is 24.7 Å². The largest absolute Gasteiger partial charge is 0.478 e. The molecular weight excluding hydrogens is 434 g/mol. The molecule has 0 unspecified atom stereocenters. The summed E-state index contributed by atoms with van der Waals surface area (Å²) in [7, 11) is -1.91.